The van der Waals surface area contributed by atoms with Crippen LogP contribution in [0.3, 0.4) is 0 Å². The molecule has 2 aliphatic heterocycles. The van der Waals surface area contributed by atoms with E-state index < -0.39 is 17.5 Å². The predicted molar refractivity (Wildman–Crippen MR) is 97.7 cm³/mol. The number of nitrogens with one attached hydrogen (secondary N) is 2. The van der Waals surface area contributed by atoms with Crippen LogP contribution in [0.4, 0.5) is 4.79 Å². The van der Waals surface area contributed by atoms with Gasteiger partial charge >= 0.3 is 6.03 Å². The molecule has 1 aromatic rings. The van der Waals surface area contributed by atoms with Gasteiger partial charge in [-0.2, -0.15) is 0 Å². The molecular weight excluding hydrogens is 348 g/mol. The molecule has 1 unspecified atom stereocenters. The fourth-order valence-electron chi connectivity index (χ4n) is 3.45. The lowest BCUT2D eigenvalue weighted by Crippen LogP contribution is -2.55. The molecule has 0 aliphatic carbocycles. The number of hydrogen-bond acceptors (Lipinski definition) is 4. The summed E-state index contributed by atoms with van der Waals surface area (Å²) in [5, 5.41) is 4.81. The van der Waals surface area contributed by atoms with Gasteiger partial charge in [-0.15, -0.1) is 0 Å². The van der Waals surface area contributed by atoms with Gasteiger partial charge in [0.15, 0.2) is 0 Å². The van der Waals surface area contributed by atoms with Gasteiger partial charge in [-0.3, -0.25) is 19.7 Å². The van der Waals surface area contributed by atoms with E-state index in [9.17, 15) is 19.2 Å². The molecule has 5 amide bonds. The van der Waals surface area contributed by atoms with E-state index in [0.29, 0.717) is 30.8 Å². The Labute approximate surface area is 157 Å². The number of piperazine rings is 1. The summed E-state index contributed by atoms with van der Waals surface area (Å²) in [4.78, 5) is 51.4. The van der Waals surface area contributed by atoms with Gasteiger partial charge in [-0.1, -0.05) is 18.7 Å². The molecule has 0 bridgehead atoms. The zero-order valence-electron chi connectivity index (χ0n) is 15.3. The number of hydrogen-bond donors (Lipinski definition) is 2. The third-order valence-electron chi connectivity index (χ3n) is 5.13. The number of amides is 5. The molecule has 0 saturated carbocycles. The fraction of sp³-hybridized carbons (Fsp3) is 0.368. The summed E-state index contributed by atoms with van der Waals surface area (Å²) in [6.07, 6.45) is 1.28. The Morgan fingerprint density at radius 1 is 1.22 bits per heavy atom. The van der Waals surface area contributed by atoms with Crippen molar-refractivity contribution < 1.29 is 19.2 Å². The minimum atomic E-state index is -1.15. The highest BCUT2D eigenvalue weighted by Gasteiger charge is 2.43. The van der Waals surface area contributed by atoms with Crippen molar-refractivity contribution in [1.82, 2.24) is 20.4 Å². The lowest BCUT2D eigenvalue weighted by Gasteiger charge is -2.39. The number of urea groups is 1. The standard InChI is InChI=1S/C19H22N4O4/c1-4-15(24)22-9-10-23(12(2)11-22)16(25)13-5-7-14(8-6-13)19(3)17(26)20-18(27)21-19/h4-8,12H,1,9-11H2,2-3H3,(H2,20,21,26,27)/t12-,19?/m0/s1. The summed E-state index contributed by atoms with van der Waals surface area (Å²) >= 11 is 0. The molecule has 142 valence electrons. The van der Waals surface area contributed by atoms with Crippen LogP contribution in [0.15, 0.2) is 36.9 Å². The molecule has 1 aromatic carbocycles. The molecule has 2 heterocycles. The smallest absolute Gasteiger partial charge is 0.322 e. The van der Waals surface area contributed by atoms with Crippen LogP contribution in [0.1, 0.15) is 29.8 Å². The van der Waals surface area contributed by atoms with Crippen LogP contribution in [0.2, 0.25) is 0 Å². The highest BCUT2D eigenvalue weighted by molar-refractivity contribution is 6.07. The average molecular weight is 370 g/mol. The van der Waals surface area contributed by atoms with Crippen molar-refractivity contribution in [2.45, 2.75) is 25.4 Å². The number of carbonyl (C=O) groups is 4. The quantitative estimate of drug-likeness (QED) is 0.601. The summed E-state index contributed by atoms with van der Waals surface area (Å²) < 4.78 is 0. The van der Waals surface area contributed by atoms with Crippen LogP contribution < -0.4 is 10.6 Å². The maximum Gasteiger partial charge on any atom is 0.322 e. The summed E-state index contributed by atoms with van der Waals surface area (Å²) in [6, 6.07) is 5.97. The highest BCUT2D eigenvalue weighted by Crippen LogP contribution is 2.25. The molecule has 2 saturated heterocycles. The second-order valence-corrected chi connectivity index (χ2v) is 6.95. The van der Waals surface area contributed by atoms with Crippen LogP contribution >= 0.6 is 0 Å². The first-order valence-corrected chi connectivity index (χ1v) is 8.72. The number of carbonyl (C=O) groups excluding carboxylic acids is 4. The molecule has 2 aliphatic rings. The van der Waals surface area contributed by atoms with Crippen molar-refractivity contribution >= 4 is 23.8 Å². The SMILES string of the molecule is C=CC(=O)N1CCN(C(=O)c2ccc(C3(C)NC(=O)NC3=O)cc2)[C@@H](C)C1. The van der Waals surface area contributed by atoms with Crippen molar-refractivity contribution in [2.75, 3.05) is 19.6 Å². The molecule has 2 fully saturated rings. The second-order valence-electron chi connectivity index (χ2n) is 6.95. The van der Waals surface area contributed by atoms with Gasteiger partial charge < -0.3 is 15.1 Å². The Bertz CT molecular complexity index is 820. The van der Waals surface area contributed by atoms with Crippen molar-refractivity contribution in [2.24, 2.45) is 0 Å². The van der Waals surface area contributed by atoms with E-state index >= 15 is 0 Å². The van der Waals surface area contributed by atoms with E-state index in [1.807, 2.05) is 6.92 Å². The predicted octanol–water partition coefficient (Wildman–Crippen LogP) is 0.600. The van der Waals surface area contributed by atoms with E-state index in [1.165, 1.54) is 6.08 Å². The second kappa shape index (κ2) is 6.86. The maximum absolute atomic E-state index is 12.8. The number of rotatable bonds is 3. The first kappa shape index (κ1) is 18.6. The highest BCUT2D eigenvalue weighted by atomic mass is 16.2. The van der Waals surface area contributed by atoms with Gasteiger partial charge in [0.05, 0.1) is 0 Å². The monoisotopic (exact) mass is 370 g/mol. The van der Waals surface area contributed by atoms with Crippen LogP contribution in [-0.2, 0) is 15.1 Å². The molecule has 0 aromatic heterocycles. The summed E-state index contributed by atoms with van der Waals surface area (Å²) in [7, 11) is 0. The molecule has 27 heavy (non-hydrogen) atoms. The van der Waals surface area contributed by atoms with Crippen molar-refractivity contribution in [1.29, 1.82) is 0 Å². The number of imide groups is 1. The molecule has 8 nitrogen and oxygen atoms in total. The Morgan fingerprint density at radius 2 is 1.89 bits per heavy atom. The first-order valence-electron chi connectivity index (χ1n) is 8.72. The van der Waals surface area contributed by atoms with Gasteiger partial charge in [-0.25, -0.2) is 4.79 Å². The molecule has 8 heteroatoms. The minimum absolute atomic E-state index is 0.118. The topological polar surface area (TPSA) is 98.8 Å². The molecular formula is C19H22N4O4. The van der Waals surface area contributed by atoms with E-state index in [-0.39, 0.29) is 17.9 Å². The third kappa shape index (κ3) is 3.30. The number of nitrogens with zero attached hydrogens (tertiary/aromatic N) is 2. The molecule has 0 radical (unpaired) electrons. The average Bonchev–Trinajstić information content (AvgIpc) is 2.93. The molecule has 2 atom stereocenters. The lowest BCUT2D eigenvalue weighted by molar-refractivity contribution is -0.128. The number of benzene rings is 1. The minimum Gasteiger partial charge on any atom is -0.335 e. The van der Waals surface area contributed by atoms with Crippen molar-refractivity contribution in [3.05, 3.63) is 48.0 Å². The van der Waals surface area contributed by atoms with Crippen molar-refractivity contribution in [3.63, 3.8) is 0 Å². The third-order valence-corrected chi connectivity index (χ3v) is 5.13. The van der Waals surface area contributed by atoms with Crippen LogP contribution in [0.5, 0.6) is 0 Å². The largest absolute Gasteiger partial charge is 0.335 e. The van der Waals surface area contributed by atoms with Gasteiger partial charge in [-0.05, 0) is 37.6 Å². The fourth-order valence-corrected chi connectivity index (χ4v) is 3.45. The molecule has 2 N–H and O–H groups in total. The van der Waals surface area contributed by atoms with E-state index in [2.05, 4.69) is 17.2 Å². The van der Waals surface area contributed by atoms with Crippen LogP contribution in [0.25, 0.3) is 0 Å². The van der Waals surface area contributed by atoms with E-state index in [0.717, 1.165) is 0 Å². The van der Waals surface area contributed by atoms with Gasteiger partial charge in [0.1, 0.15) is 5.54 Å². The maximum atomic E-state index is 12.8. The van der Waals surface area contributed by atoms with E-state index in [1.54, 1.807) is 41.0 Å². The van der Waals surface area contributed by atoms with Crippen LogP contribution in [0, 0.1) is 0 Å². The van der Waals surface area contributed by atoms with Gasteiger partial charge in [0.2, 0.25) is 5.91 Å². The van der Waals surface area contributed by atoms with Gasteiger partial charge in [0, 0.05) is 31.2 Å². The zero-order valence-corrected chi connectivity index (χ0v) is 15.3. The summed E-state index contributed by atoms with van der Waals surface area (Å²) in [5.74, 6) is -0.698. The Balaban J connectivity index is 1.73. The first-order chi connectivity index (χ1) is 12.8. The Morgan fingerprint density at radius 3 is 2.41 bits per heavy atom. The lowest BCUT2D eigenvalue weighted by atomic mass is 9.91. The summed E-state index contributed by atoms with van der Waals surface area (Å²) in [6.45, 7) is 8.36. The van der Waals surface area contributed by atoms with E-state index in [4.69, 9.17) is 0 Å². The Hall–Kier alpha value is -3.16. The normalized spacial score (nSPS) is 25.0. The molecule has 0 spiro atoms. The Kier molecular flexibility index (Phi) is 4.73. The van der Waals surface area contributed by atoms with Crippen LogP contribution in [-0.4, -0.2) is 59.2 Å². The summed E-state index contributed by atoms with van der Waals surface area (Å²) in [5.41, 5.74) is -0.0675. The molecule has 3 rings (SSSR count). The van der Waals surface area contributed by atoms with Crippen molar-refractivity contribution in [3.8, 4) is 0 Å². The van der Waals surface area contributed by atoms with Gasteiger partial charge in [0.25, 0.3) is 11.8 Å². The zero-order chi connectivity index (χ0) is 19.8.